The molecule has 0 unspecified atom stereocenters. The zero-order valence-electron chi connectivity index (χ0n) is 12.5. The smallest absolute Gasteiger partial charge is 0.293 e. The van der Waals surface area contributed by atoms with E-state index < -0.39 is 22.2 Å². The van der Waals surface area contributed by atoms with E-state index in [1.165, 1.54) is 0 Å². The summed E-state index contributed by atoms with van der Waals surface area (Å²) in [6.45, 7) is 4.85. The van der Waals surface area contributed by atoms with Crippen LogP contribution >= 0.6 is 0 Å². The fourth-order valence-electron chi connectivity index (χ4n) is 4.92. The van der Waals surface area contributed by atoms with Gasteiger partial charge in [0.2, 0.25) is 0 Å². The van der Waals surface area contributed by atoms with E-state index in [-0.39, 0.29) is 5.84 Å². The monoisotopic (exact) mass is 288 g/mol. The van der Waals surface area contributed by atoms with Crippen molar-refractivity contribution < 1.29 is 9.47 Å². The third kappa shape index (κ3) is 1.12. The standard InChI is InChI=1S/C15H20N4O2/c1-3-5-12(6-4-2)13(9-16)11(18)19-15(14(12,13)10-17)20-7-8-21-15/h3-8H2,1-2H3,(H2,18,19)/t13-,14+/m1/s1. The largest absolute Gasteiger partial charge is 0.386 e. The van der Waals surface area contributed by atoms with Crippen molar-refractivity contribution >= 4 is 5.84 Å². The molecule has 2 atom stereocenters. The molecule has 0 bridgehead atoms. The van der Waals surface area contributed by atoms with Crippen LogP contribution in [0.4, 0.5) is 0 Å². The Kier molecular flexibility index (Phi) is 2.86. The van der Waals surface area contributed by atoms with Crippen LogP contribution in [-0.2, 0) is 9.47 Å². The summed E-state index contributed by atoms with van der Waals surface area (Å²) in [5.41, 5.74) is 3.41. The molecule has 1 saturated heterocycles. The summed E-state index contributed by atoms with van der Waals surface area (Å²) in [4.78, 5) is 4.30. The van der Waals surface area contributed by atoms with E-state index in [1.54, 1.807) is 0 Å². The van der Waals surface area contributed by atoms with Gasteiger partial charge in [0, 0.05) is 5.41 Å². The van der Waals surface area contributed by atoms with Gasteiger partial charge >= 0.3 is 0 Å². The molecule has 2 fully saturated rings. The van der Waals surface area contributed by atoms with Crippen LogP contribution in [0, 0.1) is 38.9 Å². The van der Waals surface area contributed by atoms with Gasteiger partial charge < -0.3 is 15.2 Å². The van der Waals surface area contributed by atoms with Crippen molar-refractivity contribution in [3.63, 3.8) is 0 Å². The second-order valence-electron chi connectivity index (χ2n) is 6.08. The van der Waals surface area contributed by atoms with Crippen LogP contribution in [0.1, 0.15) is 39.5 Å². The predicted octanol–water partition coefficient (Wildman–Crippen LogP) is 1.68. The maximum Gasteiger partial charge on any atom is 0.293 e. The number of rotatable bonds is 4. The predicted molar refractivity (Wildman–Crippen MR) is 74.6 cm³/mol. The molecule has 0 aromatic heterocycles. The number of nitrogens with two attached hydrogens (primary N) is 1. The lowest BCUT2D eigenvalue weighted by molar-refractivity contribution is -0.193. The van der Waals surface area contributed by atoms with Crippen molar-refractivity contribution in [2.45, 2.75) is 45.4 Å². The van der Waals surface area contributed by atoms with Crippen molar-refractivity contribution in [2.75, 3.05) is 13.2 Å². The molecular formula is C15H20N4O2. The van der Waals surface area contributed by atoms with Crippen molar-refractivity contribution in [3.8, 4) is 12.1 Å². The molecular weight excluding hydrogens is 268 g/mol. The highest BCUT2D eigenvalue weighted by Crippen LogP contribution is 2.88. The molecule has 1 spiro atoms. The molecule has 0 aromatic rings. The highest BCUT2D eigenvalue weighted by Gasteiger charge is 3.00. The average molecular weight is 288 g/mol. The van der Waals surface area contributed by atoms with E-state index in [0.717, 1.165) is 25.7 Å². The second-order valence-corrected chi connectivity index (χ2v) is 6.08. The minimum absolute atomic E-state index is 0.204. The van der Waals surface area contributed by atoms with Gasteiger partial charge in [-0.15, -0.1) is 0 Å². The Balaban J connectivity index is 2.23. The summed E-state index contributed by atoms with van der Waals surface area (Å²) >= 11 is 0. The molecule has 3 rings (SSSR count). The lowest BCUT2D eigenvalue weighted by Gasteiger charge is -2.31. The van der Waals surface area contributed by atoms with E-state index in [4.69, 9.17) is 15.2 Å². The van der Waals surface area contributed by atoms with E-state index in [1.807, 2.05) is 0 Å². The zero-order valence-corrected chi connectivity index (χ0v) is 12.5. The van der Waals surface area contributed by atoms with Crippen LogP contribution in [-0.4, -0.2) is 25.0 Å². The first-order chi connectivity index (χ1) is 10.1. The summed E-state index contributed by atoms with van der Waals surface area (Å²) in [6.07, 6.45) is 3.23. The molecule has 0 aromatic carbocycles. The zero-order chi connectivity index (χ0) is 15.4. The first-order valence-electron chi connectivity index (χ1n) is 7.54. The summed E-state index contributed by atoms with van der Waals surface area (Å²) < 4.78 is 11.5. The third-order valence-electron chi connectivity index (χ3n) is 5.43. The Hall–Kier alpha value is -1.63. The quantitative estimate of drug-likeness (QED) is 0.847. The molecule has 0 radical (unpaired) electrons. The number of amidine groups is 1. The minimum atomic E-state index is -1.38. The number of fused-ring (bicyclic) bond motifs is 2. The molecule has 1 aliphatic carbocycles. The molecule has 2 aliphatic heterocycles. The van der Waals surface area contributed by atoms with Gasteiger partial charge in [0.15, 0.2) is 5.41 Å². The van der Waals surface area contributed by atoms with Crippen LogP contribution in [0.3, 0.4) is 0 Å². The van der Waals surface area contributed by atoms with Crippen molar-refractivity contribution in [1.29, 1.82) is 10.5 Å². The third-order valence-corrected chi connectivity index (χ3v) is 5.43. The van der Waals surface area contributed by atoms with Gasteiger partial charge in [-0.1, -0.05) is 26.7 Å². The number of aliphatic imine (C=N–C) groups is 1. The minimum Gasteiger partial charge on any atom is -0.386 e. The van der Waals surface area contributed by atoms with Crippen molar-refractivity contribution in [1.82, 2.24) is 0 Å². The molecule has 1 saturated carbocycles. The summed E-state index contributed by atoms with van der Waals surface area (Å²) in [5.74, 6) is -1.18. The average Bonchev–Trinajstić information content (AvgIpc) is 2.76. The molecule has 21 heavy (non-hydrogen) atoms. The maximum atomic E-state index is 10.0. The lowest BCUT2D eigenvalue weighted by Crippen LogP contribution is -2.41. The fraction of sp³-hybridized carbons (Fsp3) is 0.800. The number of ether oxygens (including phenoxy) is 2. The van der Waals surface area contributed by atoms with Crippen LogP contribution in [0.5, 0.6) is 0 Å². The maximum absolute atomic E-state index is 10.0. The van der Waals surface area contributed by atoms with E-state index >= 15 is 0 Å². The van der Waals surface area contributed by atoms with Gasteiger partial charge in [-0.3, -0.25) is 0 Å². The SMILES string of the molecule is CCCC1(CCC)[C@]2(C#N)C3(N=C(N)[C@]12C#N)OCCO3. The van der Waals surface area contributed by atoms with E-state index in [9.17, 15) is 10.5 Å². The van der Waals surface area contributed by atoms with Gasteiger partial charge in [0.05, 0.1) is 25.4 Å². The van der Waals surface area contributed by atoms with Crippen molar-refractivity contribution in [2.24, 2.45) is 27.0 Å². The van der Waals surface area contributed by atoms with Gasteiger partial charge in [0.1, 0.15) is 11.3 Å². The summed E-state index contributed by atoms with van der Waals surface area (Å²) in [5, 5.41) is 19.9. The highest BCUT2D eigenvalue weighted by molar-refractivity contribution is 6.00. The molecule has 6 nitrogen and oxygen atoms in total. The van der Waals surface area contributed by atoms with E-state index in [2.05, 4.69) is 31.0 Å². The molecule has 6 heteroatoms. The topological polar surface area (TPSA) is 104 Å². The Morgan fingerprint density at radius 1 is 1.14 bits per heavy atom. The van der Waals surface area contributed by atoms with E-state index in [0.29, 0.717) is 13.2 Å². The molecule has 2 N–H and O–H groups in total. The van der Waals surface area contributed by atoms with Gasteiger partial charge in [-0.2, -0.15) is 10.5 Å². The Morgan fingerprint density at radius 3 is 2.14 bits per heavy atom. The molecule has 112 valence electrons. The normalized spacial score (nSPS) is 37.6. The molecule has 3 aliphatic rings. The first-order valence-corrected chi connectivity index (χ1v) is 7.54. The number of hydrogen-bond donors (Lipinski definition) is 1. The Labute approximate surface area is 124 Å². The lowest BCUT2D eigenvalue weighted by atomic mass is 9.82. The summed E-state index contributed by atoms with van der Waals surface area (Å²) in [6, 6.07) is 4.69. The first kappa shape index (κ1) is 14.3. The second kappa shape index (κ2) is 4.19. The van der Waals surface area contributed by atoms with Crippen LogP contribution in [0.15, 0.2) is 4.99 Å². The van der Waals surface area contributed by atoms with Gasteiger partial charge in [0.25, 0.3) is 5.91 Å². The summed E-state index contributed by atoms with van der Waals surface area (Å²) in [7, 11) is 0. The number of nitriles is 2. The van der Waals surface area contributed by atoms with Crippen LogP contribution < -0.4 is 5.73 Å². The van der Waals surface area contributed by atoms with Crippen LogP contribution in [0.25, 0.3) is 0 Å². The van der Waals surface area contributed by atoms with Crippen LogP contribution in [0.2, 0.25) is 0 Å². The highest BCUT2D eigenvalue weighted by atomic mass is 16.8. The number of hydrogen-bond acceptors (Lipinski definition) is 6. The fourth-order valence-corrected chi connectivity index (χ4v) is 4.92. The van der Waals surface area contributed by atoms with Gasteiger partial charge in [-0.25, -0.2) is 4.99 Å². The van der Waals surface area contributed by atoms with Crippen molar-refractivity contribution in [3.05, 3.63) is 0 Å². The molecule has 0 amide bonds. The molecule has 2 heterocycles. The number of nitrogens with zero attached hydrogens (tertiary/aromatic N) is 3. The Morgan fingerprint density at radius 2 is 1.71 bits per heavy atom. The van der Waals surface area contributed by atoms with Gasteiger partial charge in [-0.05, 0) is 12.8 Å². The Bertz CT molecular complexity index is 575.